The lowest BCUT2D eigenvalue weighted by Crippen LogP contribution is -1.95. The van der Waals surface area contributed by atoms with E-state index in [4.69, 9.17) is 10.2 Å². The van der Waals surface area contributed by atoms with E-state index in [9.17, 15) is 9.90 Å². The first-order chi connectivity index (χ1) is 6.16. The lowest BCUT2D eigenvalue weighted by atomic mass is 10.2. The Hall–Kier alpha value is -1.97. The van der Waals surface area contributed by atoms with Gasteiger partial charge in [0.2, 0.25) is 0 Å². The van der Waals surface area contributed by atoms with E-state index in [2.05, 4.69) is 0 Å². The predicted molar refractivity (Wildman–Crippen MR) is 48.6 cm³/mol. The highest BCUT2D eigenvalue weighted by atomic mass is 16.4. The van der Waals surface area contributed by atoms with Crippen molar-refractivity contribution in [2.24, 2.45) is 0 Å². The van der Waals surface area contributed by atoms with Crippen molar-refractivity contribution >= 4 is 16.7 Å². The fraction of sp³-hybridized carbons (Fsp3) is 0. The number of phenolic OH excluding ortho intramolecular Hbond substituents is 1. The molecular weight excluding hydrogens is 170 g/mol. The predicted octanol–water partition coefficient (Wildman–Crippen LogP) is 1.08. The summed E-state index contributed by atoms with van der Waals surface area (Å²) in [6.07, 6.45) is 0. The molecule has 0 saturated carbocycles. The van der Waals surface area contributed by atoms with Gasteiger partial charge in [0, 0.05) is 23.2 Å². The molecule has 4 heteroatoms. The number of benzene rings is 1. The van der Waals surface area contributed by atoms with Crippen LogP contribution in [0, 0.1) is 0 Å². The summed E-state index contributed by atoms with van der Waals surface area (Å²) in [7, 11) is 0. The van der Waals surface area contributed by atoms with Crippen LogP contribution in [0.2, 0.25) is 0 Å². The summed E-state index contributed by atoms with van der Waals surface area (Å²) in [5, 5.41) is 9.97. The summed E-state index contributed by atoms with van der Waals surface area (Å²) in [4.78, 5) is 10.8. The van der Waals surface area contributed by atoms with Gasteiger partial charge < -0.3 is 15.3 Å². The number of nitrogen functional groups attached to an aromatic ring is 1. The van der Waals surface area contributed by atoms with Gasteiger partial charge in [0.15, 0.2) is 11.3 Å². The van der Waals surface area contributed by atoms with Gasteiger partial charge in [-0.3, -0.25) is 0 Å². The van der Waals surface area contributed by atoms with Crippen LogP contribution in [0.5, 0.6) is 5.75 Å². The summed E-state index contributed by atoms with van der Waals surface area (Å²) in [5.41, 5.74) is 5.59. The monoisotopic (exact) mass is 177 g/mol. The Morgan fingerprint density at radius 1 is 1.31 bits per heavy atom. The van der Waals surface area contributed by atoms with E-state index < -0.39 is 5.63 Å². The van der Waals surface area contributed by atoms with Crippen molar-refractivity contribution in [3.05, 3.63) is 34.7 Å². The van der Waals surface area contributed by atoms with Crippen LogP contribution < -0.4 is 11.4 Å². The minimum Gasteiger partial charge on any atom is -0.504 e. The molecule has 3 N–H and O–H groups in total. The number of nitrogens with two attached hydrogens (primary N) is 1. The maximum atomic E-state index is 10.8. The number of hydrogen-bond donors (Lipinski definition) is 2. The van der Waals surface area contributed by atoms with Gasteiger partial charge in [0.05, 0.1) is 0 Å². The molecule has 0 saturated heterocycles. The van der Waals surface area contributed by atoms with E-state index in [0.29, 0.717) is 11.1 Å². The summed E-state index contributed by atoms with van der Waals surface area (Å²) in [5.74, 6) is -0.118. The third-order valence-corrected chi connectivity index (χ3v) is 1.72. The van der Waals surface area contributed by atoms with Crippen molar-refractivity contribution in [2.75, 3.05) is 5.73 Å². The van der Waals surface area contributed by atoms with Crippen molar-refractivity contribution in [3.8, 4) is 5.75 Å². The molecule has 0 spiro atoms. The second-order valence-electron chi connectivity index (χ2n) is 2.71. The van der Waals surface area contributed by atoms with Crippen LogP contribution in [0.25, 0.3) is 11.0 Å². The molecular formula is C9H7NO3. The number of rotatable bonds is 0. The molecule has 0 radical (unpaired) electrons. The zero-order chi connectivity index (χ0) is 9.42. The van der Waals surface area contributed by atoms with Crippen LogP contribution in [-0.4, -0.2) is 5.11 Å². The molecule has 0 fully saturated rings. The Kier molecular flexibility index (Phi) is 1.48. The van der Waals surface area contributed by atoms with Gasteiger partial charge in [-0.25, -0.2) is 4.79 Å². The quantitative estimate of drug-likeness (QED) is 0.466. The molecule has 4 nitrogen and oxygen atoms in total. The van der Waals surface area contributed by atoms with Crippen LogP contribution in [-0.2, 0) is 0 Å². The molecule has 0 atom stereocenters. The van der Waals surface area contributed by atoms with Gasteiger partial charge in [-0.05, 0) is 12.1 Å². The Morgan fingerprint density at radius 2 is 2.08 bits per heavy atom. The number of hydrogen-bond acceptors (Lipinski definition) is 4. The second kappa shape index (κ2) is 2.52. The molecule has 0 aliphatic heterocycles. The lowest BCUT2D eigenvalue weighted by Gasteiger charge is -1.99. The normalized spacial score (nSPS) is 10.5. The van der Waals surface area contributed by atoms with Crippen molar-refractivity contribution < 1.29 is 9.52 Å². The van der Waals surface area contributed by atoms with E-state index in [0.717, 1.165) is 0 Å². The van der Waals surface area contributed by atoms with Crippen molar-refractivity contribution in [1.29, 1.82) is 0 Å². The lowest BCUT2D eigenvalue weighted by molar-refractivity contribution is 0.457. The van der Waals surface area contributed by atoms with Gasteiger partial charge in [0.1, 0.15) is 0 Å². The smallest absolute Gasteiger partial charge is 0.336 e. The number of fused-ring (bicyclic) bond motifs is 1. The first-order valence-corrected chi connectivity index (χ1v) is 3.69. The number of anilines is 1. The van der Waals surface area contributed by atoms with Crippen molar-refractivity contribution in [1.82, 2.24) is 0 Å². The number of aromatic hydroxyl groups is 1. The van der Waals surface area contributed by atoms with Crippen LogP contribution in [0.1, 0.15) is 0 Å². The topological polar surface area (TPSA) is 76.5 Å². The molecule has 1 aromatic carbocycles. The first kappa shape index (κ1) is 7.67. The van der Waals surface area contributed by atoms with Gasteiger partial charge in [0.25, 0.3) is 0 Å². The molecule has 2 rings (SSSR count). The molecule has 13 heavy (non-hydrogen) atoms. The van der Waals surface area contributed by atoms with Crippen molar-refractivity contribution in [2.45, 2.75) is 0 Å². The van der Waals surface area contributed by atoms with E-state index in [1.165, 1.54) is 12.1 Å². The minimum atomic E-state index is -0.493. The zero-order valence-electron chi connectivity index (χ0n) is 6.65. The third-order valence-electron chi connectivity index (χ3n) is 1.72. The highest BCUT2D eigenvalue weighted by Gasteiger charge is 2.03. The highest BCUT2D eigenvalue weighted by molar-refractivity contribution is 5.85. The summed E-state index contributed by atoms with van der Waals surface area (Å²) in [6, 6.07) is 5.79. The molecule has 0 unspecified atom stereocenters. The number of phenols is 1. The maximum absolute atomic E-state index is 10.8. The summed E-state index contributed by atoms with van der Waals surface area (Å²) >= 11 is 0. The summed E-state index contributed by atoms with van der Waals surface area (Å²) in [6.45, 7) is 0. The van der Waals surface area contributed by atoms with Gasteiger partial charge in [-0.2, -0.15) is 0 Å². The fourth-order valence-corrected chi connectivity index (χ4v) is 1.19. The van der Waals surface area contributed by atoms with E-state index in [1.807, 2.05) is 0 Å². The molecule has 2 aromatic rings. The van der Waals surface area contributed by atoms with Crippen LogP contribution in [0.15, 0.2) is 33.5 Å². The van der Waals surface area contributed by atoms with Gasteiger partial charge in [-0.1, -0.05) is 0 Å². The highest BCUT2D eigenvalue weighted by Crippen LogP contribution is 2.25. The average molecular weight is 177 g/mol. The largest absolute Gasteiger partial charge is 0.504 e. The SMILES string of the molecule is Nc1cc(O)c2oc(=O)ccc2c1. The average Bonchev–Trinajstić information content (AvgIpc) is 2.06. The molecule has 0 aliphatic carbocycles. The van der Waals surface area contributed by atoms with Crippen LogP contribution >= 0.6 is 0 Å². The molecule has 1 aromatic heterocycles. The fourth-order valence-electron chi connectivity index (χ4n) is 1.19. The Labute approximate surface area is 73.2 Å². The van der Waals surface area contributed by atoms with Crippen LogP contribution in [0.4, 0.5) is 5.69 Å². The Morgan fingerprint density at radius 3 is 2.85 bits per heavy atom. The molecule has 0 aliphatic rings. The summed E-state index contributed by atoms with van der Waals surface area (Å²) < 4.78 is 4.79. The third kappa shape index (κ3) is 1.22. The van der Waals surface area contributed by atoms with E-state index in [-0.39, 0.29) is 11.3 Å². The Balaban J connectivity index is 2.95. The molecule has 0 amide bonds. The molecule has 66 valence electrons. The zero-order valence-corrected chi connectivity index (χ0v) is 6.65. The Bertz CT molecular complexity index is 516. The van der Waals surface area contributed by atoms with Gasteiger partial charge >= 0.3 is 5.63 Å². The standard InChI is InChI=1S/C9H7NO3/c10-6-3-5-1-2-8(12)13-9(5)7(11)4-6/h1-4,11H,10H2. The van der Waals surface area contributed by atoms with Crippen LogP contribution in [0.3, 0.4) is 0 Å². The molecule has 0 bridgehead atoms. The van der Waals surface area contributed by atoms with Crippen molar-refractivity contribution in [3.63, 3.8) is 0 Å². The maximum Gasteiger partial charge on any atom is 0.336 e. The molecule has 1 heterocycles. The van der Waals surface area contributed by atoms with E-state index >= 15 is 0 Å². The van der Waals surface area contributed by atoms with Gasteiger partial charge in [-0.15, -0.1) is 0 Å². The second-order valence-corrected chi connectivity index (χ2v) is 2.71. The minimum absolute atomic E-state index is 0.118. The first-order valence-electron chi connectivity index (χ1n) is 3.69. The van der Waals surface area contributed by atoms with E-state index in [1.54, 1.807) is 12.1 Å².